The Morgan fingerprint density at radius 1 is 1.21 bits per heavy atom. The van der Waals surface area contributed by atoms with Crippen LogP contribution in [0.1, 0.15) is 30.6 Å². The number of halogens is 1. The summed E-state index contributed by atoms with van der Waals surface area (Å²) in [5, 5.41) is 5.10. The molecule has 0 saturated carbocycles. The second-order valence-electron chi connectivity index (χ2n) is 7.54. The maximum atomic E-state index is 13.2. The highest BCUT2D eigenvalue weighted by molar-refractivity contribution is 7.15. The summed E-state index contributed by atoms with van der Waals surface area (Å²) in [4.78, 5) is 27.1. The van der Waals surface area contributed by atoms with Crippen molar-refractivity contribution in [2.75, 3.05) is 32.1 Å². The first kappa shape index (κ1) is 20.5. The van der Waals surface area contributed by atoms with Crippen molar-refractivity contribution in [1.82, 2.24) is 4.90 Å². The molecule has 0 bridgehead atoms. The van der Waals surface area contributed by atoms with Gasteiger partial charge >= 0.3 is 5.97 Å². The number of hydrogen-bond donors (Lipinski definition) is 1. The maximum absolute atomic E-state index is 13.2. The van der Waals surface area contributed by atoms with E-state index in [1.54, 1.807) is 17.5 Å². The smallest absolute Gasteiger partial charge is 0.341 e. The van der Waals surface area contributed by atoms with E-state index in [4.69, 9.17) is 4.74 Å². The molecular weight excluding hydrogens is 379 g/mol. The second kappa shape index (κ2) is 8.84. The highest BCUT2D eigenvalue weighted by Crippen LogP contribution is 2.36. The van der Waals surface area contributed by atoms with Crippen LogP contribution in [0.4, 0.5) is 9.39 Å². The van der Waals surface area contributed by atoms with E-state index in [9.17, 15) is 14.0 Å². The minimum absolute atomic E-state index is 0.154. The average Bonchev–Trinajstić information content (AvgIpc) is 3.04. The number of amides is 1. The predicted molar refractivity (Wildman–Crippen MR) is 109 cm³/mol. The molecule has 1 amide bonds. The van der Waals surface area contributed by atoms with E-state index in [1.807, 2.05) is 0 Å². The standard InChI is InChI=1S/C21H25FN2O3S/c1-13-8-14(2)10-24(9-13)11-18(25)23-20-19(21(26)27-3)17(12-28-20)15-4-6-16(22)7-5-15/h4-7,12-14H,8-11H2,1-3H3,(H,23,25)/t13-,14-/m1/s1. The zero-order valence-corrected chi connectivity index (χ0v) is 17.1. The quantitative estimate of drug-likeness (QED) is 0.757. The molecular formula is C21H25FN2O3S. The fraction of sp³-hybridized carbons (Fsp3) is 0.429. The molecule has 0 radical (unpaired) electrons. The predicted octanol–water partition coefficient (Wildman–Crippen LogP) is 4.26. The van der Waals surface area contributed by atoms with Crippen LogP contribution >= 0.6 is 11.3 Å². The van der Waals surface area contributed by atoms with Crippen molar-refractivity contribution in [1.29, 1.82) is 0 Å². The number of carbonyl (C=O) groups is 2. The SMILES string of the molecule is COC(=O)c1c(-c2ccc(F)cc2)csc1NC(=O)CN1C[C@H](C)C[C@@H](C)C1. The number of hydrogen-bond acceptors (Lipinski definition) is 5. The van der Waals surface area contributed by atoms with Crippen LogP contribution in [0.3, 0.4) is 0 Å². The van der Waals surface area contributed by atoms with Gasteiger partial charge in [0.2, 0.25) is 5.91 Å². The van der Waals surface area contributed by atoms with Crippen molar-refractivity contribution >= 4 is 28.2 Å². The Morgan fingerprint density at radius 3 is 2.46 bits per heavy atom. The molecule has 0 unspecified atom stereocenters. The van der Waals surface area contributed by atoms with Gasteiger partial charge in [0, 0.05) is 24.0 Å². The number of methoxy groups -OCH3 is 1. The van der Waals surface area contributed by atoms with Gasteiger partial charge in [-0.3, -0.25) is 9.69 Å². The maximum Gasteiger partial charge on any atom is 0.341 e. The van der Waals surface area contributed by atoms with Crippen molar-refractivity contribution in [2.24, 2.45) is 11.8 Å². The molecule has 1 aromatic carbocycles. The number of ether oxygens (including phenoxy) is 1. The number of rotatable bonds is 5. The summed E-state index contributed by atoms with van der Waals surface area (Å²) in [6, 6.07) is 5.88. The molecule has 1 aromatic heterocycles. The Labute approximate surface area is 168 Å². The molecule has 1 saturated heterocycles. The van der Waals surface area contributed by atoms with Gasteiger partial charge in [-0.2, -0.15) is 0 Å². The van der Waals surface area contributed by atoms with Gasteiger partial charge in [-0.1, -0.05) is 26.0 Å². The molecule has 150 valence electrons. The van der Waals surface area contributed by atoms with Crippen LogP contribution < -0.4 is 5.32 Å². The van der Waals surface area contributed by atoms with Gasteiger partial charge in [-0.05, 0) is 36.0 Å². The molecule has 1 aliphatic rings. The summed E-state index contributed by atoms with van der Waals surface area (Å²) in [7, 11) is 1.30. The number of likely N-dealkylation sites (tertiary alicyclic amines) is 1. The van der Waals surface area contributed by atoms with Crippen molar-refractivity contribution in [3.63, 3.8) is 0 Å². The van der Waals surface area contributed by atoms with Gasteiger partial charge in [-0.15, -0.1) is 11.3 Å². The van der Waals surface area contributed by atoms with Crippen LogP contribution in [0.15, 0.2) is 29.6 Å². The minimum Gasteiger partial charge on any atom is -0.465 e. The Kier molecular flexibility index (Phi) is 6.46. The van der Waals surface area contributed by atoms with Gasteiger partial charge in [-0.25, -0.2) is 9.18 Å². The molecule has 5 nitrogen and oxygen atoms in total. The molecule has 2 atom stereocenters. The summed E-state index contributed by atoms with van der Waals surface area (Å²) in [5.41, 5.74) is 1.61. The topological polar surface area (TPSA) is 58.6 Å². The highest BCUT2D eigenvalue weighted by Gasteiger charge is 2.25. The molecule has 1 N–H and O–H groups in total. The number of benzene rings is 1. The molecule has 0 spiro atoms. The third-order valence-electron chi connectivity index (χ3n) is 4.90. The number of carbonyl (C=O) groups excluding carboxylic acids is 2. The van der Waals surface area contributed by atoms with Gasteiger partial charge in [0.15, 0.2) is 0 Å². The van der Waals surface area contributed by atoms with Crippen LogP contribution in [-0.2, 0) is 9.53 Å². The fourth-order valence-corrected chi connectivity index (χ4v) is 4.86. The summed E-state index contributed by atoms with van der Waals surface area (Å²) in [6.45, 7) is 6.48. The van der Waals surface area contributed by atoms with E-state index < -0.39 is 5.97 Å². The number of nitrogens with one attached hydrogen (secondary N) is 1. The zero-order chi connectivity index (χ0) is 20.3. The first-order chi connectivity index (χ1) is 13.4. The normalized spacial score (nSPS) is 20.0. The Hall–Kier alpha value is -2.25. The molecule has 1 fully saturated rings. The van der Waals surface area contributed by atoms with E-state index in [0.29, 0.717) is 40.1 Å². The van der Waals surface area contributed by atoms with Crippen molar-refractivity contribution in [2.45, 2.75) is 20.3 Å². The van der Waals surface area contributed by atoms with Gasteiger partial charge < -0.3 is 10.1 Å². The Morgan fingerprint density at radius 2 is 1.86 bits per heavy atom. The lowest BCUT2D eigenvalue weighted by molar-refractivity contribution is -0.117. The highest BCUT2D eigenvalue weighted by atomic mass is 32.1. The third kappa shape index (κ3) is 4.77. The van der Waals surface area contributed by atoms with Gasteiger partial charge in [0.1, 0.15) is 16.4 Å². The lowest BCUT2D eigenvalue weighted by Gasteiger charge is -2.34. The first-order valence-corrected chi connectivity index (χ1v) is 10.2. The lowest BCUT2D eigenvalue weighted by atomic mass is 9.92. The first-order valence-electron chi connectivity index (χ1n) is 9.35. The molecule has 0 aliphatic carbocycles. The molecule has 1 aliphatic heterocycles. The number of thiophene rings is 1. The zero-order valence-electron chi connectivity index (χ0n) is 16.3. The molecule has 2 aromatic rings. The minimum atomic E-state index is -0.531. The number of piperidine rings is 1. The lowest BCUT2D eigenvalue weighted by Crippen LogP contribution is -2.42. The Balaban J connectivity index is 1.78. The van der Waals surface area contributed by atoms with Crippen LogP contribution in [-0.4, -0.2) is 43.5 Å². The van der Waals surface area contributed by atoms with Crippen LogP contribution in [0.2, 0.25) is 0 Å². The van der Waals surface area contributed by atoms with Crippen molar-refractivity contribution in [3.8, 4) is 11.1 Å². The van der Waals surface area contributed by atoms with E-state index in [1.165, 1.54) is 37.0 Å². The van der Waals surface area contributed by atoms with E-state index >= 15 is 0 Å². The van der Waals surface area contributed by atoms with Crippen molar-refractivity contribution in [3.05, 3.63) is 41.0 Å². The van der Waals surface area contributed by atoms with Crippen LogP contribution in [0, 0.1) is 17.7 Å². The number of nitrogens with zero attached hydrogens (tertiary/aromatic N) is 1. The molecule has 28 heavy (non-hydrogen) atoms. The molecule has 3 rings (SSSR count). The van der Waals surface area contributed by atoms with E-state index in [-0.39, 0.29) is 11.7 Å². The van der Waals surface area contributed by atoms with Crippen LogP contribution in [0.5, 0.6) is 0 Å². The largest absolute Gasteiger partial charge is 0.465 e. The van der Waals surface area contributed by atoms with Gasteiger partial charge in [0.05, 0.1) is 13.7 Å². The number of esters is 1. The Bertz CT molecular complexity index is 840. The van der Waals surface area contributed by atoms with Crippen LogP contribution in [0.25, 0.3) is 11.1 Å². The fourth-order valence-electron chi connectivity index (χ4n) is 3.89. The van der Waals surface area contributed by atoms with Crippen molar-refractivity contribution < 1.29 is 18.7 Å². The molecule has 7 heteroatoms. The average molecular weight is 405 g/mol. The van der Waals surface area contributed by atoms with E-state index in [0.717, 1.165) is 13.1 Å². The van der Waals surface area contributed by atoms with E-state index in [2.05, 4.69) is 24.1 Å². The summed E-state index contributed by atoms with van der Waals surface area (Å²) in [6.07, 6.45) is 1.18. The summed E-state index contributed by atoms with van der Waals surface area (Å²) in [5.74, 6) is 0.0927. The number of anilines is 1. The summed E-state index contributed by atoms with van der Waals surface area (Å²) < 4.78 is 18.1. The summed E-state index contributed by atoms with van der Waals surface area (Å²) >= 11 is 1.27. The monoisotopic (exact) mass is 404 g/mol. The second-order valence-corrected chi connectivity index (χ2v) is 8.42. The third-order valence-corrected chi connectivity index (χ3v) is 5.80. The van der Waals surface area contributed by atoms with Gasteiger partial charge in [0.25, 0.3) is 0 Å². The molecule has 2 heterocycles.